The molecule has 0 radical (unpaired) electrons. The maximum atomic E-state index is 5.37. The first-order chi connectivity index (χ1) is 6.95. The van der Waals surface area contributed by atoms with Crippen molar-refractivity contribution in [3.63, 3.8) is 0 Å². The van der Waals surface area contributed by atoms with E-state index in [0.717, 1.165) is 13.2 Å². The van der Waals surface area contributed by atoms with Crippen LogP contribution in [0.25, 0.3) is 6.08 Å². The first-order valence-electron chi connectivity index (χ1n) is 4.86. The van der Waals surface area contributed by atoms with Gasteiger partial charge in [-0.1, -0.05) is 42.5 Å². The average molecular weight is 190 g/mol. The Labute approximate surface area is 84.2 Å². The summed E-state index contributed by atoms with van der Waals surface area (Å²) in [4.78, 5) is 0. The van der Waals surface area contributed by atoms with Crippen LogP contribution in [0.1, 0.15) is 5.56 Å². The number of rotatable bonds is 5. The molecule has 0 amide bonds. The summed E-state index contributed by atoms with van der Waals surface area (Å²) < 4.78 is 10.4. The number of hydrogen-bond acceptors (Lipinski definition) is 2. The van der Waals surface area contributed by atoms with Crippen LogP contribution in [0.15, 0.2) is 36.4 Å². The Morgan fingerprint density at radius 1 is 1.36 bits per heavy atom. The van der Waals surface area contributed by atoms with Gasteiger partial charge in [0.1, 0.15) is 6.10 Å². The van der Waals surface area contributed by atoms with Crippen molar-refractivity contribution in [2.24, 2.45) is 0 Å². The van der Waals surface area contributed by atoms with Crippen LogP contribution in [0.3, 0.4) is 0 Å². The predicted molar refractivity (Wildman–Crippen MR) is 56.0 cm³/mol. The van der Waals surface area contributed by atoms with Crippen LogP contribution in [0.4, 0.5) is 0 Å². The van der Waals surface area contributed by atoms with Crippen LogP contribution < -0.4 is 0 Å². The lowest BCUT2D eigenvalue weighted by Gasteiger charge is -1.95. The topological polar surface area (TPSA) is 21.8 Å². The number of benzene rings is 1. The van der Waals surface area contributed by atoms with E-state index in [1.54, 1.807) is 0 Å². The molecular weight excluding hydrogens is 176 g/mol. The standard InChI is InChI=1S/C12H14O2/c1-2-5-11(6-3-1)7-4-8-13-9-12-10-14-12/h1-7,12H,8-10H2/b7-4+. The maximum Gasteiger partial charge on any atom is 0.104 e. The van der Waals surface area contributed by atoms with E-state index in [0.29, 0.717) is 12.7 Å². The van der Waals surface area contributed by atoms with Crippen molar-refractivity contribution >= 4 is 6.08 Å². The molecule has 1 aromatic carbocycles. The van der Waals surface area contributed by atoms with Crippen molar-refractivity contribution in [2.45, 2.75) is 6.10 Å². The zero-order valence-electron chi connectivity index (χ0n) is 8.06. The molecule has 2 heteroatoms. The highest BCUT2D eigenvalue weighted by Crippen LogP contribution is 2.08. The fourth-order valence-corrected chi connectivity index (χ4v) is 1.18. The summed E-state index contributed by atoms with van der Waals surface area (Å²) in [6.45, 7) is 2.25. The second kappa shape index (κ2) is 4.94. The van der Waals surface area contributed by atoms with Crippen molar-refractivity contribution in [1.82, 2.24) is 0 Å². The molecule has 74 valence electrons. The fraction of sp³-hybridized carbons (Fsp3) is 0.333. The van der Waals surface area contributed by atoms with Crippen LogP contribution in [-0.4, -0.2) is 25.9 Å². The summed E-state index contributed by atoms with van der Waals surface area (Å²) in [6.07, 6.45) is 4.45. The summed E-state index contributed by atoms with van der Waals surface area (Å²) in [5, 5.41) is 0. The van der Waals surface area contributed by atoms with Gasteiger partial charge in [-0.15, -0.1) is 0 Å². The van der Waals surface area contributed by atoms with Gasteiger partial charge in [0.05, 0.1) is 19.8 Å². The van der Waals surface area contributed by atoms with Gasteiger partial charge in [-0.25, -0.2) is 0 Å². The van der Waals surface area contributed by atoms with E-state index in [4.69, 9.17) is 9.47 Å². The lowest BCUT2D eigenvalue weighted by atomic mass is 10.2. The molecule has 2 nitrogen and oxygen atoms in total. The quantitative estimate of drug-likeness (QED) is 0.524. The van der Waals surface area contributed by atoms with Gasteiger partial charge in [-0.2, -0.15) is 0 Å². The molecule has 1 aromatic rings. The molecule has 1 unspecified atom stereocenters. The first kappa shape index (κ1) is 9.44. The molecule has 1 saturated heterocycles. The SMILES string of the molecule is C(=C\c1ccccc1)/COCC1CO1. The van der Waals surface area contributed by atoms with Crippen LogP contribution in [-0.2, 0) is 9.47 Å². The molecule has 0 spiro atoms. The minimum absolute atomic E-state index is 0.361. The molecule has 1 aliphatic heterocycles. The Morgan fingerprint density at radius 3 is 2.86 bits per heavy atom. The summed E-state index contributed by atoms with van der Waals surface area (Å²) in [5.74, 6) is 0. The third-order valence-electron chi connectivity index (χ3n) is 2.03. The van der Waals surface area contributed by atoms with Gasteiger partial charge >= 0.3 is 0 Å². The molecule has 1 aliphatic rings. The van der Waals surface area contributed by atoms with Gasteiger partial charge in [0.2, 0.25) is 0 Å². The Hall–Kier alpha value is -1.12. The smallest absolute Gasteiger partial charge is 0.104 e. The lowest BCUT2D eigenvalue weighted by Crippen LogP contribution is -2.00. The molecule has 0 saturated carbocycles. The Morgan fingerprint density at radius 2 is 2.14 bits per heavy atom. The van der Waals surface area contributed by atoms with E-state index in [1.807, 2.05) is 24.3 Å². The molecule has 0 aliphatic carbocycles. The number of hydrogen-bond donors (Lipinski definition) is 0. The van der Waals surface area contributed by atoms with Crippen molar-refractivity contribution < 1.29 is 9.47 Å². The Balaban J connectivity index is 1.66. The molecule has 0 bridgehead atoms. The molecule has 14 heavy (non-hydrogen) atoms. The van der Waals surface area contributed by atoms with Gasteiger partial charge in [-0.05, 0) is 5.56 Å². The highest BCUT2D eigenvalue weighted by atomic mass is 16.6. The average Bonchev–Trinajstić information content (AvgIpc) is 3.03. The molecule has 1 atom stereocenters. The van der Waals surface area contributed by atoms with E-state index in [-0.39, 0.29) is 0 Å². The molecule has 1 heterocycles. The van der Waals surface area contributed by atoms with E-state index in [9.17, 15) is 0 Å². The van der Waals surface area contributed by atoms with Crippen molar-refractivity contribution in [1.29, 1.82) is 0 Å². The molecule has 0 aromatic heterocycles. The zero-order valence-corrected chi connectivity index (χ0v) is 8.06. The van der Waals surface area contributed by atoms with Gasteiger partial charge in [0, 0.05) is 0 Å². The number of ether oxygens (including phenoxy) is 2. The van der Waals surface area contributed by atoms with Crippen molar-refractivity contribution in [3.05, 3.63) is 42.0 Å². The fourth-order valence-electron chi connectivity index (χ4n) is 1.18. The minimum Gasteiger partial charge on any atom is -0.375 e. The van der Waals surface area contributed by atoms with Crippen LogP contribution in [0.2, 0.25) is 0 Å². The minimum atomic E-state index is 0.361. The van der Waals surface area contributed by atoms with Gasteiger partial charge in [-0.3, -0.25) is 0 Å². The summed E-state index contributed by atoms with van der Waals surface area (Å²) in [6, 6.07) is 10.2. The lowest BCUT2D eigenvalue weighted by molar-refractivity contribution is 0.141. The second-order valence-corrected chi connectivity index (χ2v) is 3.31. The van der Waals surface area contributed by atoms with E-state index < -0.39 is 0 Å². The number of epoxide rings is 1. The maximum absolute atomic E-state index is 5.37. The Kier molecular flexibility index (Phi) is 3.33. The van der Waals surface area contributed by atoms with Crippen molar-refractivity contribution in [2.75, 3.05) is 19.8 Å². The summed E-state index contributed by atoms with van der Waals surface area (Å²) in [5.41, 5.74) is 1.21. The van der Waals surface area contributed by atoms with E-state index in [1.165, 1.54) is 5.56 Å². The largest absolute Gasteiger partial charge is 0.375 e. The second-order valence-electron chi connectivity index (χ2n) is 3.31. The highest BCUT2D eigenvalue weighted by molar-refractivity contribution is 5.48. The zero-order chi connectivity index (χ0) is 9.64. The van der Waals surface area contributed by atoms with Gasteiger partial charge in [0.15, 0.2) is 0 Å². The summed E-state index contributed by atoms with van der Waals surface area (Å²) in [7, 11) is 0. The molecular formula is C12H14O2. The van der Waals surface area contributed by atoms with Crippen LogP contribution in [0.5, 0.6) is 0 Å². The third kappa shape index (κ3) is 3.32. The summed E-state index contributed by atoms with van der Waals surface area (Å²) >= 11 is 0. The predicted octanol–water partition coefficient (Wildman–Crippen LogP) is 2.12. The van der Waals surface area contributed by atoms with Gasteiger partial charge < -0.3 is 9.47 Å². The highest BCUT2D eigenvalue weighted by Gasteiger charge is 2.21. The molecule has 2 rings (SSSR count). The Bertz CT molecular complexity index is 288. The van der Waals surface area contributed by atoms with Crippen molar-refractivity contribution in [3.8, 4) is 0 Å². The van der Waals surface area contributed by atoms with Crippen LogP contribution in [0, 0.1) is 0 Å². The van der Waals surface area contributed by atoms with Crippen LogP contribution >= 0.6 is 0 Å². The van der Waals surface area contributed by atoms with Gasteiger partial charge in [0.25, 0.3) is 0 Å². The molecule has 0 N–H and O–H groups in total. The normalized spacial score (nSPS) is 20.1. The third-order valence-corrected chi connectivity index (χ3v) is 2.03. The van der Waals surface area contributed by atoms with E-state index in [2.05, 4.69) is 18.2 Å². The monoisotopic (exact) mass is 190 g/mol. The molecule has 1 fully saturated rings. The first-order valence-corrected chi connectivity index (χ1v) is 4.86. The van der Waals surface area contributed by atoms with E-state index >= 15 is 0 Å².